The molecule has 0 aliphatic carbocycles. The number of rotatable bonds is 2. The van der Waals surface area contributed by atoms with Gasteiger partial charge in [0.2, 0.25) is 0 Å². The molecule has 1 aliphatic heterocycles. The number of hydrogen-bond acceptors (Lipinski definition) is 9. The van der Waals surface area contributed by atoms with Gasteiger partial charge in [0.05, 0.1) is 4.24 Å². The highest BCUT2D eigenvalue weighted by Crippen LogP contribution is 2.50. The zero-order chi connectivity index (χ0) is 17.8. The fourth-order valence-corrected chi connectivity index (χ4v) is 4.06. The van der Waals surface area contributed by atoms with Crippen LogP contribution in [-0.4, -0.2) is 15.9 Å². The Kier molecular flexibility index (Phi) is 4.67. The zero-order valence-corrected chi connectivity index (χ0v) is 13.9. The Labute approximate surface area is 150 Å². The molecule has 1 aromatic heterocycles. The summed E-state index contributed by atoms with van der Waals surface area (Å²) < 4.78 is 5.52. The fourth-order valence-electron chi connectivity index (χ4n) is 1.81. The van der Waals surface area contributed by atoms with Crippen LogP contribution in [0.15, 0.2) is 50.2 Å². The van der Waals surface area contributed by atoms with E-state index in [1.54, 1.807) is 42.5 Å². The molecule has 9 heteroatoms. The number of thioether (sulfide) groups is 2. The molecule has 2 aromatic rings. The van der Waals surface area contributed by atoms with Crippen molar-refractivity contribution in [2.45, 2.75) is 10.1 Å². The molecule has 0 saturated carbocycles. The Morgan fingerprint density at radius 1 is 0.960 bits per heavy atom. The van der Waals surface area contributed by atoms with E-state index in [-0.39, 0.29) is 17.0 Å². The lowest BCUT2D eigenvalue weighted by atomic mass is 10.3. The van der Waals surface area contributed by atoms with E-state index in [1.807, 2.05) is 6.07 Å². The quantitative estimate of drug-likeness (QED) is 0.343. The van der Waals surface area contributed by atoms with Gasteiger partial charge in [0.1, 0.15) is 34.0 Å². The van der Waals surface area contributed by atoms with E-state index in [0.29, 0.717) is 20.0 Å². The largest absolute Gasteiger partial charge is 0.422 e. The van der Waals surface area contributed by atoms with E-state index in [4.69, 9.17) is 15.3 Å². The van der Waals surface area contributed by atoms with E-state index in [1.165, 1.54) is 0 Å². The second-order valence-corrected chi connectivity index (χ2v) is 6.69. The summed E-state index contributed by atoms with van der Waals surface area (Å²) in [5.41, 5.74) is -0.377. The molecule has 0 N–H and O–H groups in total. The minimum atomic E-state index is -0.794. The van der Waals surface area contributed by atoms with Crippen LogP contribution in [0.3, 0.4) is 0 Å². The maximum atomic E-state index is 12.3. The highest BCUT2D eigenvalue weighted by Gasteiger charge is 2.29. The van der Waals surface area contributed by atoms with Crippen molar-refractivity contribution in [3.05, 3.63) is 51.5 Å². The molecule has 0 radical (unpaired) electrons. The van der Waals surface area contributed by atoms with Gasteiger partial charge in [0, 0.05) is 0 Å². The highest BCUT2D eigenvalue weighted by atomic mass is 32.2. The Bertz CT molecular complexity index is 984. The molecule has 0 atom stereocenters. The number of fused-ring (bicyclic) bond motifs is 1. The van der Waals surface area contributed by atoms with Crippen molar-refractivity contribution in [1.82, 2.24) is 9.97 Å². The third-order valence-corrected chi connectivity index (χ3v) is 5.26. The van der Waals surface area contributed by atoms with Crippen molar-refractivity contribution in [3.8, 4) is 24.0 Å². The first kappa shape index (κ1) is 16.5. The van der Waals surface area contributed by atoms with Crippen molar-refractivity contribution in [2.24, 2.45) is 0 Å². The Morgan fingerprint density at radius 2 is 1.52 bits per heavy atom. The first-order valence-electron chi connectivity index (χ1n) is 6.65. The minimum Gasteiger partial charge on any atom is -0.422 e. The van der Waals surface area contributed by atoms with Gasteiger partial charge in [-0.2, -0.15) is 15.8 Å². The molecule has 0 spiro atoms. The summed E-state index contributed by atoms with van der Waals surface area (Å²) in [7, 11) is 0. The monoisotopic (exact) mass is 363 g/mol. The highest BCUT2D eigenvalue weighted by molar-refractivity contribution is 8.24. The number of esters is 1. The van der Waals surface area contributed by atoms with Crippen LogP contribution in [0.25, 0.3) is 0 Å². The molecule has 0 fully saturated rings. The van der Waals surface area contributed by atoms with Crippen molar-refractivity contribution in [3.63, 3.8) is 0 Å². The van der Waals surface area contributed by atoms with Gasteiger partial charge in [0.15, 0.2) is 17.0 Å². The van der Waals surface area contributed by atoms with E-state index in [2.05, 4.69) is 9.97 Å². The SMILES string of the molecule is N#CC(C(=O)Oc1ccccc1)=C1Sc2nc(C#N)c(C#N)nc2S1. The van der Waals surface area contributed by atoms with Crippen molar-refractivity contribution >= 4 is 29.5 Å². The van der Waals surface area contributed by atoms with E-state index < -0.39 is 5.97 Å². The van der Waals surface area contributed by atoms with Crippen LogP contribution in [0.2, 0.25) is 0 Å². The Morgan fingerprint density at radius 3 is 2.00 bits per heavy atom. The normalized spacial score (nSPS) is 11.6. The summed E-state index contributed by atoms with van der Waals surface area (Å²) in [6, 6.07) is 13.8. The molecule has 0 bridgehead atoms. The standard InChI is InChI=1S/C16H5N5O2S2/c17-6-10(15(22)23-9-4-2-1-3-5-9)16-24-13-14(25-16)21-12(8-19)11(7-18)20-13/h1-5H. The van der Waals surface area contributed by atoms with Gasteiger partial charge in [0.25, 0.3) is 0 Å². The van der Waals surface area contributed by atoms with Gasteiger partial charge in [-0.15, -0.1) is 0 Å². The lowest BCUT2D eigenvalue weighted by Crippen LogP contribution is -2.10. The van der Waals surface area contributed by atoms with E-state index in [9.17, 15) is 10.1 Å². The van der Waals surface area contributed by atoms with Gasteiger partial charge < -0.3 is 4.74 Å². The second kappa shape index (κ2) is 7.06. The lowest BCUT2D eigenvalue weighted by Gasteiger charge is -2.03. The fraction of sp³-hybridized carbons (Fsp3) is 0. The molecule has 2 heterocycles. The predicted molar refractivity (Wildman–Crippen MR) is 87.9 cm³/mol. The maximum Gasteiger partial charge on any atom is 0.356 e. The molecule has 1 aromatic carbocycles. The van der Waals surface area contributed by atoms with Crippen molar-refractivity contribution in [2.75, 3.05) is 0 Å². The molecule has 118 valence electrons. The number of benzene rings is 1. The van der Waals surface area contributed by atoms with Gasteiger partial charge in [-0.05, 0) is 12.1 Å². The molecule has 7 nitrogen and oxygen atoms in total. The molecule has 25 heavy (non-hydrogen) atoms. The summed E-state index contributed by atoms with van der Waals surface area (Å²) in [5.74, 6) is -0.473. The third-order valence-electron chi connectivity index (χ3n) is 2.90. The number of ether oxygens (including phenoxy) is 1. The number of para-hydroxylation sites is 1. The molecule has 3 rings (SSSR count). The van der Waals surface area contributed by atoms with Crippen LogP contribution in [0.5, 0.6) is 5.75 Å². The zero-order valence-electron chi connectivity index (χ0n) is 12.3. The average molecular weight is 363 g/mol. The number of hydrogen-bond donors (Lipinski definition) is 0. The number of carbonyl (C=O) groups is 1. The number of aromatic nitrogens is 2. The lowest BCUT2D eigenvalue weighted by molar-refractivity contribution is -0.129. The predicted octanol–water partition coefficient (Wildman–Crippen LogP) is 2.76. The van der Waals surface area contributed by atoms with Crippen LogP contribution < -0.4 is 4.74 Å². The van der Waals surface area contributed by atoms with Crippen molar-refractivity contribution < 1.29 is 9.53 Å². The first-order chi connectivity index (χ1) is 12.2. The van der Waals surface area contributed by atoms with E-state index >= 15 is 0 Å². The van der Waals surface area contributed by atoms with Crippen LogP contribution >= 0.6 is 23.5 Å². The van der Waals surface area contributed by atoms with Gasteiger partial charge in [-0.1, -0.05) is 41.7 Å². The van der Waals surface area contributed by atoms with Crippen LogP contribution in [-0.2, 0) is 4.79 Å². The maximum absolute atomic E-state index is 12.3. The molecule has 0 amide bonds. The van der Waals surface area contributed by atoms with Crippen LogP contribution in [0, 0.1) is 34.0 Å². The van der Waals surface area contributed by atoms with E-state index in [0.717, 1.165) is 23.5 Å². The molecular formula is C16H5N5O2S2. The van der Waals surface area contributed by atoms with Crippen LogP contribution in [0.1, 0.15) is 11.4 Å². The number of carbonyl (C=O) groups excluding carboxylic acids is 1. The minimum absolute atomic E-state index is 0.0963. The second-order valence-electron chi connectivity index (χ2n) is 4.44. The number of nitriles is 3. The molecular weight excluding hydrogens is 358 g/mol. The summed E-state index contributed by atoms with van der Waals surface area (Å²) in [5, 5.41) is 28.1. The summed E-state index contributed by atoms with van der Waals surface area (Å²) in [6.07, 6.45) is 0. The van der Waals surface area contributed by atoms with Crippen LogP contribution in [0.4, 0.5) is 0 Å². The Hall–Kier alpha value is -3.32. The van der Waals surface area contributed by atoms with Gasteiger partial charge >= 0.3 is 5.97 Å². The Balaban J connectivity index is 1.92. The number of nitrogens with zero attached hydrogens (tertiary/aromatic N) is 5. The third kappa shape index (κ3) is 3.31. The first-order valence-corrected chi connectivity index (χ1v) is 8.29. The average Bonchev–Trinajstić information content (AvgIpc) is 3.04. The summed E-state index contributed by atoms with van der Waals surface area (Å²) in [4.78, 5) is 20.4. The van der Waals surface area contributed by atoms with Gasteiger partial charge in [-0.3, -0.25) is 0 Å². The van der Waals surface area contributed by atoms with Gasteiger partial charge in [-0.25, -0.2) is 14.8 Å². The smallest absolute Gasteiger partial charge is 0.356 e. The van der Waals surface area contributed by atoms with Crippen molar-refractivity contribution in [1.29, 1.82) is 15.8 Å². The topological polar surface area (TPSA) is 123 Å². The molecule has 0 saturated heterocycles. The summed E-state index contributed by atoms with van der Waals surface area (Å²) in [6.45, 7) is 0. The summed E-state index contributed by atoms with van der Waals surface area (Å²) >= 11 is 2.08. The molecule has 1 aliphatic rings. The molecule has 0 unspecified atom stereocenters.